The van der Waals surface area contributed by atoms with Crippen molar-refractivity contribution in [1.82, 2.24) is 5.32 Å². The number of carbonyl (C=O) groups excluding carboxylic acids is 1. The smallest absolute Gasteiger partial charge is 0.248 e. The zero-order valence-electron chi connectivity index (χ0n) is 11.8. The van der Waals surface area contributed by atoms with Crippen molar-refractivity contribution in [3.63, 3.8) is 0 Å². The summed E-state index contributed by atoms with van der Waals surface area (Å²) in [6, 6.07) is 5.43. The molecule has 0 unspecified atom stereocenters. The molecule has 2 rings (SSSR count). The molecule has 0 saturated carbocycles. The normalized spacial score (nSPS) is 17.9. The quantitative estimate of drug-likeness (QED) is 0.741. The van der Waals surface area contributed by atoms with E-state index in [-0.39, 0.29) is 0 Å². The number of aryl methyl sites for hydroxylation is 1. The molecular weight excluding hydrogens is 256 g/mol. The Morgan fingerprint density at radius 2 is 2.15 bits per heavy atom. The number of hydrogen-bond donors (Lipinski definition) is 3. The van der Waals surface area contributed by atoms with Gasteiger partial charge in [0.15, 0.2) is 0 Å². The van der Waals surface area contributed by atoms with Gasteiger partial charge in [-0.2, -0.15) is 0 Å². The number of ether oxygens (including phenoxy) is 1. The summed E-state index contributed by atoms with van der Waals surface area (Å²) in [7, 11) is 0. The van der Waals surface area contributed by atoms with Crippen LogP contribution in [0.5, 0.6) is 0 Å². The molecule has 1 fully saturated rings. The summed E-state index contributed by atoms with van der Waals surface area (Å²) >= 11 is 0. The number of nitrogens with two attached hydrogens (primary N) is 1. The minimum Gasteiger partial charge on any atom is -0.388 e. The molecule has 20 heavy (non-hydrogen) atoms. The van der Waals surface area contributed by atoms with Crippen LogP contribution in [0.15, 0.2) is 18.2 Å². The van der Waals surface area contributed by atoms with Gasteiger partial charge in [-0.1, -0.05) is 6.07 Å². The van der Waals surface area contributed by atoms with Crippen molar-refractivity contribution < 1.29 is 14.6 Å². The molecule has 0 atom stereocenters. The van der Waals surface area contributed by atoms with Crippen molar-refractivity contribution in [3.8, 4) is 0 Å². The lowest BCUT2D eigenvalue weighted by Gasteiger charge is -2.32. The van der Waals surface area contributed by atoms with E-state index in [1.807, 2.05) is 13.0 Å². The third kappa shape index (κ3) is 3.79. The van der Waals surface area contributed by atoms with Crippen molar-refractivity contribution in [2.24, 2.45) is 5.73 Å². The van der Waals surface area contributed by atoms with Crippen molar-refractivity contribution in [2.75, 3.05) is 19.8 Å². The highest BCUT2D eigenvalue weighted by atomic mass is 16.5. The van der Waals surface area contributed by atoms with Gasteiger partial charge in [-0.15, -0.1) is 0 Å². The lowest BCUT2D eigenvalue weighted by molar-refractivity contribution is -0.0617. The van der Waals surface area contributed by atoms with Crippen molar-refractivity contribution in [3.05, 3.63) is 34.9 Å². The van der Waals surface area contributed by atoms with Gasteiger partial charge in [0.25, 0.3) is 0 Å². The second-order valence-corrected chi connectivity index (χ2v) is 5.45. The first-order valence-corrected chi connectivity index (χ1v) is 6.90. The largest absolute Gasteiger partial charge is 0.388 e. The summed E-state index contributed by atoms with van der Waals surface area (Å²) in [5.41, 5.74) is 7.23. The number of amides is 1. The van der Waals surface area contributed by atoms with Crippen LogP contribution in [0.2, 0.25) is 0 Å². The maximum absolute atomic E-state index is 11.1. The predicted octanol–water partition coefficient (Wildman–Crippen LogP) is 0.725. The second-order valence-electron chi connectivity index (χ2n) is 5.45. The lowest BCUT2D eigenvalue weighted by Crippen LogP contribution is -2.44. The van der Waals surface area contributed by atoms with Gasteiger partial charge in [0.2, 0.25) is 5.91 Å². The third-order valence-corrected chi connectivity index (χ3v) is 3.82. The van der Waals surface area contributed by atoms with Gasteiger partial charge in [-0.25, -0.2) is 0 Å². The van der Waals surface area contributed by atoms with Gasteiger partial charge in [-0.05, 0) is 30.2 Å². The molecule has 0 aliphatic carbocycles. The Morgan fingerprint density at radius 1 is 1.45 bits per heavy atom. The fraction of sp³-hybridized carbons (Fsp3) is 0.533. The molecule has 0 bridgehead atoms. The average molecular weight is 278 g/mol. The Balaban J connectivity index is 1.89. The molecule has 1 aromatic carbocycles. The topological polar surface area (TPSA) is 84.6 Å². The number of carbonyl (C=O) groups is 1. The minimum atomic E-state index is -0.667. The van der Waals surface area contributed by atoms with E-state index >= 15 is 0 Å². The highest BCUT2D eigenvalue weighted by Crippen LogP contribution is 2.19. The SMILES string of the molecule is Cc1cc(C(N)=O)ccc1CNCC1(O)CCOCC1. The van der Waals surface area contributed by atoms with Crippen molar-refractivity contribution in [2.45, 2.75) is 31.9 Å². The van der Waals surface area contributed by atoms with Crippen molar-refractivity contribution in [1.29, 1.82) is 0 Å². The first-order chi connectivity index (χ1) is 9.50. The van der Waals surface area contributed by atoms with Gasteiger partial charge >= 0.3 is 0 Å². The van der Waals surface area contributed by atoms with Gasteiger partial charge in [0.05, 0.1) is 5.60 Å². The maximum atomic E-state index is 11.1. The van der Waals surface area contributed by atoms with Crippen LogP contribution >= 0.6 is 0 Å². The first-order valence-electron chi connectivity index (χ1n) is 6.90. The fourth-order valence-electron chi connectivity index (χ4n) is 2.41. The monoisotopic (exact) mass is 278 g/mol. The van der Waals surface area contributed by atoms with E-state index < -0.39 is 11.5 Å². The van der Waals surface area contributed by atoms with Crippen LogP contribution < -0.4 is 11.1 Å². The Kier molecular flexibility index (Phi) is 4.75. The van der Waals surface area contributed by atoms with Crippen molar-refractivity contribution >= 4 is 5.91 Å². The van der Waals surface area contributed by atoms with Crippen LogP contribution in [-0.4, -0.2) is 36.4 Å². The number of aliphatic hydroxyl groups is 1. The highest BCUT2D eigenvalue weighted by molar-refractivity contribution is 5.93. The molecule has 1 aromatic rings. The van der Waals surface area contributed by atoms with E-state index in [4.69, 9.17) is 10.5 Å². The van der Waals surface area contributed by atoms with Crippen LogP contribution in [0.1, 0.15) is 34.3 Å². The molecule has 1 heterocycles. The Bertz CT molecular complexity index is 482. The molecular formula is C15H22N2O3. The summed E-state index contributed by atoms with van der Waals surface area (Å²) in [6.45, 7) is 4.39. The molecule has 1 amide bonds. The molecule has 5 heteroatoms. The van der Waals surface area contributed by atoms with Crippen LogP contribution in [0.25, 0.3) is 0 Å². The summed E-state index contributed by atoms with van der Waals surface area (Å²) in [5.74, 6) is -0.413. The van der Waals surface area contributed by atoms with Crippen LogP contribution in [0, 0.1) is 6.92 Å². The standard InChI is InChI=1S/C15H22N2O3/c1-11-8-12(14(16)18)2-3-13(11)9-17-10-15(19)4-6-20-7-5-15/h2-3,8,17,19H,4-7,9-10H2,1H3,(H2,16,18). The number of primary amides is 1. The van der Waals surface area contributed by atoms with Gasteiger partial charge in [-0.3, -0.25) is 4.79 Å². The molecule has 1 saturated heterocycles. The Labute approximate surface area is 119 Å². The van der Waals surface area contributed by atoms with Crippen LogP contribution in [0.4, 0.5) is 0 Å². The van der Waals surface area contributed by atoms with E-state index in [0.717, 1.165) is 11.1 Å². The molecule has 1 aliphatic rings. The summed E-state index contributed by atoms with van der Waals surface area (Å²) < 4.78 is 5.25. The number of rotatable bonds is 5. The number of hydrogen-bond acceptors (Lipinski definition) is 4. The van der Waals surface area contributed by atoms with E-state index in [9.17, 15) is 9.90 Å². The molecule has 0 radical (unpaired) electrons. The molecule has 1 aliphatic heterocycles. The molecule has 4 N–H and O–H groups in total. The van der Waals surface area contributed by atoms with Crippen LogP contribution in [-0.2, 0) is 11.3 Å². The van der Waals surface area contributed by atoms with E-state index in [0.29, 0.717) is 44.7 Å². The summed E-state index contributed by atoms with van der Waals surface area (Å²) in [6.07, 6.45) is 1.33. The predicted molar refractivity (Wildman–Crippen MR) is 76.4 cm³/mol. The minimum absolute atomic E-state index is 0.413. The summed E-state index contributed by atoms with van der Waals surface area (Å²) in [5, 5.41) is 13.6. The van der Waals surface area contributed by atoms with E-state index in [1.165, 1.54) is 0 Å². The lowest BCUT2D eigenvalue weighted by atomic mass is 9.94. The van der Waals surface area contributed by atoms with Gasteiger partial charge in [0, 0.05) is 44.7 Å². The second kappa shape index (κ2) is 6.35. The average Bonchev–Trinajstić information content (AvgIpc) is 2.41. The molecule has 5 nitrogen and oxygen atoms in total. The molecule has 0 aromatic heterocycles. The number of nitrogens with one attached hydrogen (secondary N) is 1. The highest BCUT2D eigenvalue weighted by Gasteiger charge is 2.29. The zero-order valence-corrected chi connectivity index (χ0v) is 11.8. The van der Waals surface area contributed by atoms with Crippen LogP contribution in [0.3, 0.4) is 0 Å². The third-order valence-electron chi connectivity index (χ3n) is 3.82. The van der Waals surface area contributed by atoms with Gasteiger partial charge < -0.3 is 20.9 Å². The Morgan fingerprint density at radius 3 is 2.75 bits per heavy atom. The first kappa shape index (κ1) is 15.0. The van der Waals surface area contributed by atoms with E-state index in [2.05, 4.69) is 5.32 Å². The summed E-state index contributed by atoms with van der Waals surface area (Å²) in [4.78, 5) is 11.1. The van der Waals surface area contributed by atoms with E-state index in [1.54, 1.807) is 12.1 Å². The number of benzene rings is 1. The molecule has 110 valence electrons. The molecule has 0 spiro atoms. The Hall–Kier alpha value is -1.43. The zero-order chi connectivity index (χ0) is 14.6. The fourth-order valence-corrected chi connectivity index (χ4v) is 2.41. The van der Waals surface area contributed by atoms with Gasteiger partial charge in [0.1, 0.15) is 0 Å². The maximum Gasteiger partial charge on any atom is 0.248 e.